The second-order valence-corrected chi connectivity index (χ2v) is 8.87. The Morgan fingerprint density at radius 2 is 1.87 bits per heavy atom. The van der Waals surface area contributed by atoms with Crippen LogP contribution < -0.4 is 5.32 Å². The van der Waals surface area contributed by atoms with Gasteiger partial charge < -0.3 is 15.2 Å². The molecule has 0 heterocycles. The maximum Gasteiger partial charge on any atom is 0.331 e. The molecule has 2 aromatic rings. The number of nitrogens with one attached hydrogen (secondary N) is 1. The Hall–Kier alpha value is -1.69. The minimum atomic E-state index is -0.758. The number of thiol groups is 1. The third kappa shape index (κ3) is 4.59. The molecule has 0 bridgehead atoms. The number of rotatable bonds is 5. The van der Waals surface area contributed by atoms with Crippen molar-refractivity contribution in [2.75, 3.05) is 25.3 Å². The number of halogens is 1. The summed E-state index contributed by atoms with van der Waals surface area (Å²) < 4.78 is 5.22. The zero-order valence-electron chi connectivity index (χ0n) is 18.2. The molecule has 2 aromatic carbocycles. The molecular formula is C25H32ClNO3S. The highest BCUT2D eigenvalue weighted by Crippen LogP contribution is 2.55. The smallest absolute Gasteiger partial charge is 0.331 e. The van der Waals surface area contributed by atoms with Crippen LogP contribution in [0.4, 0.5) is 5.69 Å². The molecule has 0 aliphatic heterocycles. The summed E-state index contributed by atoms with van der Waals surface area (Å²) in [6.45, 7) is 0.198. The van der Waals surface area contributed by atoms with E-state index in [1.54, 1.807) is 6.26 Å². The Morgan fingerprint density at radius 3 is 2.52 bits per heavy atom. The summed E-state index contributed by atoms with van der Waals surface area (Å²) in [5, 5.41) is 13.8. The maximum absolute atomic E-state index is 12.9. The van der Waals surface area contributed by atoms with Crippen molar-refractivity contribution in [1.29, 1.82) is 0 Å². The van der Waals surface area contributed by atoms with Crippen LogP contribution in [-0.2, 0) is 21.4 Å². The molecule has 1 fully saturated rings. The first-order valence-electron chi connectivity index (χ1n) is 10.8. The number of aliphatic hydroxyl groups is 1. The Labute approximate surface area is 195 Å². The summed E-state index contributed by atoms with van der Waals surface area (Å²) >= 11 is 9.68. The van der Waals surface area contributed by atoms with Crippen molar-refractivity contribution in [3.05, 3.63) is 64.7 Å². The number of anilines is 1. The molecule has 4 rings (SSSR count). The summed E-state index contributed by atoms with van der Waals surface area (Å²) in [5.74, 6) is 0.184. The SMILES string of the molecule is COC(=O)C1(Nc2cccc(Cl)c2)CCC2(CC1)c1ccccc1CC2CCO.CS. The van der Waals surface area contributed by atoms with E-state index >= 15 is 0 Å². The average molecular weight is 462 g/mol. The number of methoxy groups -OCH3 is 1. The number of hydrogen-bond donors (Lipinski definition) is 3. The van der Waals surface area contributed by atoms with Crippen LogP contribution in [0.1, 0.15) is 43.2 Å². The van der Waals surface area contributed by atoms with Crippen molar-refractivity contribution in [2.45, 2.75) is 49.5 Å². The number of hydrogen-bond acceptors (Lipinski definition) is 5. The predicted molar refractivity (Wildman–Crippen MR) is 130 cm³/mol. The van der Waals surface area contributed by atoms with Crippen molar-refractivity contribution in [3.8, 4) is 0 Å². The van der Waals surface area contributed by atoms with Gasteiger partial charge in [-0.2, -0.15) is 12.6 Å². The fourth-order valence-electron chi connectivity index (χ4n) is 5.62. The van der Waals surface area contributed by atoms with Crippen molar-refractivity contribution < 1.29 is 14.6 Å². The van der Waals surface area contributed by atoms with Gasteiger partial charge in [0.25, 0.3) is 0 Å². The molecule has 2 aliphatic rings. The number of carbonyl (C=O) groups is 1. The highest BCUT2D eigenvalue weighted by Gasteiger charge is 2.53. The molecule has 31 heavy (non-hydrogen) atoms. The molecule has 168 valence electrons. The second-order valence-electron chi connectivity index (χ2n) is 8.44. The van der Waals surface area contributed by atoms with Crippen LogP contribution in [0.2, 0.25) is 5.02 Å². The first-order chi connectivity index (χ1) is 15.0. The maximum atomic E-state index is 12.9. The van der Waals surface area contributed by atoms with Crippen LogP contribution >= 0.6 is 24.2 Å². The van der Waals surface area contributed by atoms with E-state index in [0.29, 0.717) is 23.8 Å². The van der Waals surface area contributed by atoms with Crippen LogP contribution in [0.5, 0.6) is 0 Å². The molecule has 1 spiro atoms. The molecule has 1 saturated carbocycles. The highest BCUT2D eigenvalue weighted by atomic mass is 35.5. The standard InChI is InChI=1S/C24H28ClNO3.CH4S/c1-29-22(28)24(26-20-7-4-6-19(25)16-20)12-10-23(11-13-24)18(9-14-27)15-17-5-2-3-8-21(17)23;1-2/h2-8,16,18,26-27H,9-15H2,1H3;2H,1H3. The van der Waals surface area contributed by atoms with Crippen molar-refractivity contribution in [2.24, 2.45) is 5.92 Å². The minimum absolute atomic E-state index is 0.0207. The zero-order valence-corrected chi connectivity index (χ0v) is 19.9. The Balaban J connectivity index is 0.00000132. The number of benzene rings is 2. The van der Waals surface area contributed by atoms with E-state index in [-0.39, 0.29) is 18.0 Å². The molecular weight excluding hydrogens is 430 g/mol. The largest absolute Gasteiger partial charge is 0.467 e. The van der Waals surface area contributed by atoms with E-state index in [9.17, 15) is 9.90 Å². The quantitative estimate of drug-likeness (QED) is 0.419. The summed E-state index contributed by atoms with van der Waals surface area (Å²) in [7, 11) is 1.45. The normalized spacial score (nSPS) is 26.5. The van der Waals surface area contributed by atoms with Gasteiger partial charge in [-0.1, -0.05) is 41.9 Å². The van der Waals surface area contributed by atoms with Gasteiger partial charge in [0.2, 0.25) is 0 Å². The third-order valence-corrected chi connectivity index (χ3v) is 7.29. The summed E-state index contributed by atoms with van der Waals surface area (Å²) in [6.07, 6.45) is 6.63. The molecule has 2 N–H and O–H groups in total. The van der Waals surface area contributed by atoms with Gasteiger partial charge >= 0.3 is 5.97 Å². The monoisotopic (exact) mass is 461 g/mol. The molecule has 0 aromatic heterocycles. The Morgan fingerprint density at radius 1 is 1.16 bits per heavy atom. The topological polar surface area (TPSA) is 58.6 Å². The highest BCUT2D eigenvalue weighted by molar-refractivity contribution is 7.79. The zero-order chi connectivity index (χ0) is 22.5. The van der Waals surface area contributed by atoms with Gasteiger partial charge in [0.05, 0.1) is 7.11 Å². The fraction of sp³-hybridized carbons (Fsp3) is 0.480. The second kappa shape index (κ2) is 10.3. The Bertz CT molecular complexity index is 896. The summed E-state index contributed by atoms with van der Waals surface area (Å²) in [5.41, 5.74) is 2.88. The minimum Gasteiger partial charge on any atom is -0.467 e. The Kier molecular flexibility index (Phi) is 7.95. The third-order valence-electron chi connectivity index (χ3n) is 7.06. The van der Waals surface area contributed by atoms with Crippen molar-refractivity contribution >= 4 is 35.9 Å². The molecule has 0 amide bonds. The van der Waals surface area contributed by atoms with Crippen LogP contribution in [0.3, 0.4) is 0 Å². The molecule has 2 aliphatic carbocycles. The summed E-state index contributed by atoms with van der Waals surface area (Å²) in [4.78, 5) is 12.9. The summed E-state index contributed by atoms with van der Waals surface area (Å²) in [6, 6.07) is 16.1. The van der Waals surface area contributed by atoms with Gasteiger partial charge in [0, 0.05) is 17.3 Å². The first kappa shape index (κ1) is 24.0. The van der Waals surface area contributed by atoms with Crippen LogP contribution in [0, 0.1) is 5.92 Å². The lowest BCUT2D eigenvalue weighted by Crippen LogP contribution is -2.53. The molecule has 6 heteroatoms. The van der Waals surface area contributed by atoms with Crippen molar-refractivity contribution in [3.63, 3.8) is 0 Å². The lowest BCUT2D eigenvalue weighted by atomic mass is 9.60. The van der Waals surface area contributed by atoms with Crippen LogP contribution in [0.25, 0.3) is 0 Å². The van der Waals surface area contributed by atoms with Gasteiger partial charge in [0.1, 0.15) is 5.54 Å². The van der Waals surface area contributed by atoms with E-state index < -0.39 is 5.54 Å². The molecule has 0 saturated heterocycles. The van der Waals surface area contributed by atoms with E-state index in [1.807, 2.05) is 24.3 Å². The number of fused-ring (bicyclic) bond motifs is 2. The van der Waals surface area contributed by atoms with E-state index in [4.69, 9.17) is 16.3 Å². The molecule has 1 atom stereocenters. The molecule has 1 unspecified atom stereocenters. The van der Waals surface area contributed by atoms with Gasteiger partial charge in [-0.25, -0.2) is 4.79 Å². The number of carbonyl (C=O) groups excluding carboxylic acids is 1. The van der Waals surface area contributed by atoms with E-state index in [2.05, 4.69) is 42.2 Å². The van der Waals surface area contributed by atoms with Gasteiger partial charge in [0.15, 0.2) is 0 Å². The lowest BCUT2D eigenvalue weighted by molar-refractivity contribution is -0.148. The van der Waals surface area contributed by atoms with Crippen LogP contribution in [-0.4, -0.2) is 36.6 Å². The predicted octanol–water partition coefficient (Wildman–Crippen LogP) is 5.28. The fourth-order valence-corrected chi connectivity index (χ4v) is 5.81. The van der Waals surface area contributed by atoms with E-state index in [0.717, 1.165) is 31.4 Å². The number of ether oxygens (including phenoxy) is 1. The first-order valence-corrected chi connectivity index (χ1v) is 12.1. The van der Waals surface area contributed by atoms with Gasteiger partial charge in [-0.3, -0.25) is 0 Å². The van der Waals surface area contributed by atoms with Crippen LogP contribution in [0.15, 0.2) is 48.5 Å². The lowest BCUT2D eigenvalue weighted by Gasteiger charge is -2.47. The van der Waals surface area contributed by atoms with E-state index in [1.165, 1.54) is 18.2 Å². The molecule has 4 nitrogen and oxygen atoms in total. The van der Waals surface area contributed by atoms with Crippen molar-refractivity contribution in [1.82, 2.24) is 0 Å². The average Bonchev–Trinajstić information content (AvgIpc) is 3.10. The van der Waals surface area contributed by atoms with Gasteiger partial charge in [-0.15, -0.1) is 0 Å². The molecule has 0 radical (unpaired) electrons. The number of esters is 1. The van der Waals surface area contributed by atoms with Gasteiger partial charge in [-0.05, 0) is 85.4 Å². The number of aliphatic hydroxyl groups excluding tert-OH is 1.